The van der Waals surface area contributed by atoms with Crippen molar-refractivity contribution >= 4 is 0 Å². The van der Waals surface area contributed by atoms with E-state index in [1.165, 1.54) is 13.0 Å². The van der Waals surface area contributed by atoms with E-state index >= 15 is 0 Å². The lowest BCUT2D eigenvalue weighted by atomic mass is 10.2. The van der Waals surface area contributed by atoms with E-state index in [0.717, 1.165) is 24.6 Å². The summed E-state index contributed by atoms with van der Waals surface area (Å²) in [6, 6.07) is 8.45. The first-order chi connectivity index (χ1) is 8.81. The zero-order chi connectivity index (χ0) is 12.4. The molecule has 0 bridgehead atoms. The summed E-state index contributed by atoms with van der Waals surface area (Å²) in [5.41, 5.74) is 0. The molecule has 0 amide bonds. The van der Waals surface area contributed by atoms with Crippen LogP contribution in [-0.2, 0) is 0 Å². The van der Waals surface area contributed by atoms with Crippen LogP contribution >= 0.6 is 0 Å². The van der Waals surface area contributed by atoms with Gasteiger partial charge in [0.25, 0.3) is 0 Å². The van der Waals surface area contributed by atoms with Gasteiger partial charge in [-0.15, -0.1) is 0 Å². The Morgan fingerprint density at radius 3 is 2.94 bits per heavy atom. The first-order valence-electron chi connectivity index (χ1n) is 6.61. The largest absolute Gasteiger partial charge is 0.486 e. The molecule has 4 nitrogen and oxygen atoms in total. The lowest BCUT2D eigenvalue weighted by molar-refractivity contribution is 0.0884. The third kappa shape index (κ3) is 2.60. The first kappa shape index (κ1) is 11.8. The van der Waals surface area contributed by atoms with Crippen LogP contribution < -0.4 is 14.8 Å². The minimum absolute atomic E-state index is 0.116. The Kier molecular flexibility index (Phi) is 3.39. The van der Waals surface area contributed by atoms with Crippen LogP contribution in [0.2, 0.25) is 0 Å². The second-order valence-corrected chi connectivity index (χ2v) is 5.15. The van der Waals surface area contributed by atoms with Crippen molar-refractivity contribution in [1.29, 1.82) is 0 Å². The average Bonchev–Trinajstić information content (AvgIpc) is 2.82. The SMILES string of the molecule is CN1CCC(NCC2COc3ccccc3O2)C1. The van der Waals surface area contributed by atoms with Crippen molar-refractivity contribution in [3.05, 3.63) is 24.3 Å². The third-order valence-corrected chi connectivity index (χ3v) is 3.59. The smallest absolute Gasteiger partial charge is 0.161 e. The molecule has 0 aliphatic carbocycles. The molecule has 0 spiro atoms. The number of nitrogens with one attached hydrogen (secondary N) is 1. The number of benzene rings is 1. The highest BCUT2D eigenvalue weighted by atomic mass is 16.6. The molecule has 2 heterocycles. The van der Waals surface area contributed by atoms with Gasteiger partial charge >= 0.3 is 0 Å². The Hall–Kier alpha value is -1.26. The summed E-state index contributed by atoms with van der Waals surface area (Å²) in [5, 5.41) is 3.57. The monoisotopic (exact) mass is 248 g/mol. The normalized spacial score (nSPS) is 27.4. The quantitative estimate of drug-likeness (QED) is 0.869. The molecule has 1 aromatic carbocycles. The molecule has 18 heavy (non-hydrogen) atoms. The molecule has 3 rings (SSSR count). The Balaban J connectivity index is 1.51. The van der Waals surface area contributed by atoms with E-state index in [0.29, 0.717) is 12.6 Å². The molecule has 98 valence electrons. The molecule has 0 saturated carbocycles. The summed E-state index contributed by atoms with van der Waals surface area (Å²) in [6.45, 7) is 3.80. The number of hydrogen-bond donors (Lipinski definition) is 1. The number of para-hydroxylation sites is 2. The molecular weight excluding hydrogens is 228 g/mol. The number of likely N-dealkylation sites (tertiary alicyclic amines) is 1. The van der Waals surface area contributed by atoms with Crippen molar-refractivity contribution < 1.29 is 9.47 Å². The van der Waals surface area contributed by atoms with E-state index in [1.807, 2.05) is 24.3 Å². The van der Waals surface area contributed by atoms with E-state index in [4.69, 9.17) is 9.47 Å². The van der Waals surface area contributed by atoms with Gasteiger partial charge in [-0.25, -0.2) is 0 Å². The Labute approximate surface area is 108 Å². The van der Waals surface area contributed by atoms with Crippen LogP contribution in [0.15, 0.2) is 24.3 Å². The van der Waals surface area contributed by atoms with Gasteiger partial charge in [0.05, 0.1) is 0 Å². The number of hydrogen-bond acceptors (Lipinski definition) is 4. The fraction of sp³-hybridized carbons (Fsp3) is 0.571. The number of ether oxygens (including phenoxy) is 2. The standard InChI is InChI=1S/C14H20N2O2/c1-16-7-6-11(9-16)15-8-12-10-17-13-4-2-3-5-14(13)18-12/h2-5,11-12,15H,6-10H2,1H3. The highest BCUT2D eigenvalue weighted by molar-refractivity contribution is 5.40. The molecule has 2 atom stereocenters. The predicted molar refractivity (Wildman–Crippen MR) is 70.3 cm³/mol. The van der Waals surface area contributed by atoms with Crippen LogP contribution in [0.25, 0.3) is 0 Å². The maximum atomic E-state index is 5.92. The molecule has 2 aliphatic heterocycles. The summed E-state index contributed by atoms with van der Waals surface area (Å²) < 4.78 is 11.6. The van der Waals surface area contributed by atoms with Crippen molar-refractivity contribution in [3.8, 4) is 11.5 Å². The van der Waals surface area contributed by atoms with Crippen molar-refractivity contribution in [2.75, 3.05) is 33.3 Å². The second-order valence-electron chi connectivity index (χ2n) is 5.15. The van der Waals surface area contributed by atoms with Gasteiger partial charge in [0, 0.05) is 19.1 Å². The van der Waals surface area contributed by atoms with Gasteiger partial charge in [-0.05, 0) is 32.1 Å². The summed E-state index contributed by atoms with van der Waals surface area (Å²) in [7, 11) is 2.16. The van der Waals surface area contributed by atoms with Gasteiger partial charge in [-0.3, -0.25) is 0 Å². The van der Waals surface area contributed by atoms with E-state index < -0.39 is 0 Å². The van der Waals surface area contributed by atoms with E-state index in [1.54, 1.807) is 0 Å². The summed E-state index contributed by atoms with van der Waals surface area (Å²) in [4.78, 5) is 2.35. The van der Waals surface area contributed by atoms with Gasteiger partial charge in [-0.2, -0.15) is 0 Å². The number of rotatable bonds is 3. The van der Waals surface area contributed by atoms with Gasteiger partial charge in [-0.1, -0.05) is 12.1 Å². The van der Waals surface area contributed by atoms with Gasteiger partial charge in [0.15, 0.2) is 11.5 Å². The topological polar surface area (TPSA) is 33.7 Å². The molecule has 4 heteroatoms. The van der Waals surface area contributed by atoms with Crippen molar-refractivity contribution in [1.82, 2.24) is 10.2 Å². The maximum absolute atomic E-state index is 5.92. The van der Waals surface area contributed by atoms with E-state index in [-0.39, 0.29) is 6.10 Å². The average molecular weight is 248 g/mol. The Morgan fingerprint density at radius 2 is 2.17 bits per heavy atom. The molecule has 1 fully saturated rings. The lowest BCUT2D eigenvalue weighted by Crippen LogP contribution is -2.43. The molecule has 1 aromatic rings. The lowest BCUT2D eigenvalue weighted by Gasteiger charge is -2.27. The minimum atomic E-state index is 0.116. The van der Waals surface area contributed by atoms with E-state index in [2.05, 4.69) is 17.3 Å². The molecule has 1 N–H and O–H groups in total. The fourth-order valence-corrected chi connectivity index (χ4v) is 2.56. The molecular formula is C14H20N2O2. The first-order valence-corrected chi connectivity index (χ1v) is 6.61. The van der Waals surface area contributed by atoms with Crippen LogP contribution in [0.3, 0.4) is 0 Å². The third-order valence-electron chi connectivity index (χ3n) is 3.59. The molecule has 0 radical (unpaired) electrons. The number of nitrogens with zero attached hydrogens (tertiary/aromatic N) is 1. The highest BCUT2D eigenvalue weighted by Crippen LogP contribution is 2.30. The highest BCUT2D eigenvalue weighted by Gasteiger charge is 2.23. The molecule has 1 saturated heterocycles. The van der Waals surface area contributed by atoms with Crippen molar-refractivity contribution in [2.45, 2.75) is 18.6 Å². The maximum Gasteiger partial charge on any atom is 0.161 e. The van der Waals surface area contributed by atoms with Crippen molar-refractivity contribution in [2.24, 2.45) is 0 Å². The second kappa shape index (κ2) is 5.16. The van der Waals surface area contributed by atoms with Gasteiger partial charge < -0.3 is 19.7 Å². The number of fused-ring (bicyclic) bond motifs is 1. The predicted octanol–water partition coefficient (Wildman–Crippen LogP) is 1.12. The van der Waals surface area contributed by atoms with Gasteiger partial charge in [0.2, 0.25) is 0 Å². The summed E-state index contributed by atoms with van der Waals surface area (Å²) in [6.07, 6.45) is 1.34. The van der Waals surface area contributed by atoms with Crippen LogP contribution in [0.4, 0.5) is 0 Å². The molecule has 2 aliphatic rings. The summed E-state index contributed by atoms with van der Waals surface area (Å²) in [5.74, 6) is 1.72. The van der Waals surface area contributed by atoms with Crippen molar-refractivity contribution in [3.63, 3.8) is 0 Å². The fourth-order valence-electron chi connectivity index (χ4n) is 2.56. The van der Waals surface area contributed by atoms with Crippen LogP contribution in [0.5, 0.6) is 11.5 Å². The molecule has 2 unspecified atom stereocenters. The Bertz CT molecular complexity index is 411. The molecule has 0 aromatic heterocycles. The summed E-state index contributed by atoms with van der Waals surface area (Å²) >= 11 is 0. The minimum Gasteiger partial charge on any atom is -0.486 e. The van der Waals surface area contributed by atoms with Crippen LogP contribution in [-0.4, -0.2) is 50.3 Å². The zero-order valence-corrected chi connectivity index (χ0v) is 10.8. The zero-order valence-electron chi connectivity index (χ0n) is 10.8. The Morgan fingerprint density at radius 1 is 1.33 bits per heavy atom. The van der Waals surface area contributed by atoms with Crippen LogP contribution in [0.1, 0.15) is 6.42 Å². The number of likely N-dealkylation sites (N-methyl/N-ethyl adjacent to an activating group) is 1. The van der Waals surface area contributed by atoms with Crippen LogP contribution in [0, 0.1) is 0 Å². The van der Waals surface area contributed by atoms with Gasteiger partial charge in [0.1, 0.15) is 12.7 Å². The van der Waals surface area contributed by atoms with E-state index in [9.17, 15) is 0 Å².